The maximum atomic E-state index is 10.2. The predicted molar refractivity (Wildman–Crippen MR) is 26.5 cm³/mol. The molecule has 2 nitrogen and oxygen atoms in total. The molecule has 40 valence electrons. The van der Waals surface area contributed by atoms with Crippen molar-refractivity contribution in [1.82, 2.24) is 0 Å². The van der Waals surface area contributed by atoms with E-state index in [-0.39, 0.29) is 11.8 Å². The first-order valence-electron chi connectivity index (χ1n) is 2.51. The zero-order valence-electron chi connectivity index (χ0n) is 4.35. The molecule has 0 aliphatic heterocycles. The lowest BCUT2D eigenvalue weighted by Crippen LogP contribution is -2.13. The molecule has 0 bridgehead atoms. The Bertz CT molecular complexity index is 100. The Labute approximate surface area is 42.7 Å². The van der Waals surface area contributed by atoms with Crippen LogP contribution in [0, 0.1) is 11.8 Å². The average Bonchev–Trinajstić information content (AvgIpc) is 2.17. The topological polar surface area (TPSA) is 43.1 Å². The lowest BCUT2D eigenvalue weighted by molar-refractivity contribution is -0.119. The lowest BCUT2D eigenvalue weighted by Gasteiger charge is -1.81. The number of nitrogens with two attached hydrogens (primary N) is 1. The van der Waals surface area contributed by atoms with E-state index in [2.05, 4.69) is 0 Å². The van der Waals surface area contributed by atoms with Gasteiger partial charge in [0.25, 0.3) is 0 Å². The molecule has 1 unspecified atom stereocenters. The zero-order chi connectivity index (χ0) is 5.44. The van der Waals surface area contributed by atoms with E-state index in [1.165, 1.54) is 0 Å². The average molecular weight is 99.1 g/mol. The number of carbonyl (C=O) groups is 1. The van der Waals surface area contributed by atoms with E-state index >= 15 is 0 Å². The second-order valence-corrected chi connectivity index (χ2v) is 2.22. The SMILES string of the molecule is C[C@@H]1CC1C(N)=O. The number of hydrogen-bond donors (Lipinski definition) is 1. The molecule has 2 atom stereocenters. The van der Waals surface area contributed by atoms with Gasteiger partial charge in [0.05, 0.1) is 0 Å². The number of primary amides is 1. The Kier molecular flexibility index (Phi) is 0.805. The molecule has 0 spiro atoms. The molecule has 1 aliphatic rings. The Morgan fingerprint density at radius 1 is 1.86 bits per heavy atom. The fourth-order valence-corrected chi connectivity index (χ4v) is 0.719. The van der Waals surface area contributed by atoms with E-state index in [0.717, 1.165) is 6.42 Å². The van der Waals surface area contributed by atoms with E-state index in [4.69, 9.17) is 5.73 Å². The summed E-state index contributed by atoms with van der Waals surface area (Å²) in [7, 11) is 0. The minimum absolute atomic E-state index is 0.132. The van der Waals surface area contributed by atoms with Crippen molar-refractivity contribution < 1.29 is 4.79 Å². The smallest absolute Gasteiger partial charge is 0.220 e. The van der Waals surface area contributed by atoms with Gasteiger partial charge in [-0.2, -0.15) is 0 Å². The van der Waals surface area contributed by atoms with Gasteiger partial charge in [0, 0.05) is 5.92 Å². The van der Waals surface area contributed by atoms with Crippen molar-refractivity contribution in [1.29, 1.82) is 0 Å². The molecule has 7 heavy (non-hydrogen) atoms. The highest BCUT2D eigenvalue weighted by atomic mass is 16.1. The van der Waals surface area contributed by atoms with Gasteiger partial charge in [-0.1, -0.05) is 6.92 Å². The molecule has 0 aromatic carbocycles. The Morgan fingerprint density at radius 2 is 2.29 bits per heavy atom. The number of rotatable bonds is 1. The molecular weight excluding hydrogens is 90.1 g/mol. The van der Waals surface area contributed by atoms with Crippen molar-refractivity contribution in [2.45, 2.75) is 13.3 Å². The van der Waals surface area contributed by atoms with Gasteiger partial charge in [0.2, 0.25) is 5.91 Å². The van der Waals surface area contributed by atoms with Crippen LogP contribution in [0.25, 0.3) is 0 Å². The Hall–Kier alpha value is -0.530. The highest BCUT2D eigenvalue weighted by Crippen LogP contribution is 2.36. The van der Waals surface area contributed by atoms with Gasteiger partial charge < -0.3 is 5.73 Å². The van der Waals surface area contributed by atoms with Gasteiger partial charge in [-0.25, -0.2) is 0 Å². The van der Waals surface area contributed by atoms with Gasteiger partial charge in [0.15, 0.2) is 0 Å². The molecule has 0 saturated heterocycles. The molecular formula is C5H9NO. The summed E-state index contributed by atoms with van der Waals surface area (Å²) in [5.41, 5.74) is 4.95. The summed E-state index contributed by atoms with van der Waals surface area (Å²) < 4.78 is 0. The molecule has 0 heterocycles. The van der Waals surface area contributed by atoms with E-state index in [0.29, 0.717) is 5.92 Å². The fraction of sp³-hybridized carbons (Fsp3) is 0.800. The van der Waals surface area contributed by atoms with Crippen molar-refractivity contribution in [3.05, 3.63) is 0 Å². The second kappa shape index (κ2) is 1.22. The summed E-state index contributed by atoms with van der Waals surface area (Å²) in [6.07, 6.45) is 1.01. The van der Waals surface area contributed by atoms with Gasteiger partial charge in [-0.15, -0.1) is 0 Å². The number of carbonyl (C=O) groups excluding carboxylic acids is 1. The summed E-state index contributed by atoms with van der Waals surface area (Å²) in [5.74, 6) is 0.644. The summed E-state index contributed by atoms with van der Waals surface area (Å²) in [6.45, 7) is 2.04. The maximum absolute atomic E-state index is 10.2. The molecule has 0 aromatic rings. The predicted octanol–water partition coefficient (Wildman–Crippen LogP) is 0.128. The molecule has 2 heteroatoms. The third-order valence-electron chi connectivity index (χ3n) is 1.47. The van der Waals surface area contributed by atoms with Gasteiger partial charge in [-0.3, -0.25) is 4.79 Å². The van der Waals surface area contributed by atoms with E-state index in [1.54, 1.807) is 0 Å². The van der Waals surface area contributed by atoms with Gasteiger partial charge in [-0.05, 0) is 12.3 Å². The first kappa shape index (κ1) is 4.62. The highest BCUT2D eigenvalue weighted by molar-refractivity contribution is 5.79. The molecule has 0 aromatic heterocycles. The van der Waals surface area contributed by atoms with Crippen LogP contribution in [0.1, 0.15) is 13.3 Å². The van der Waals surface area contributed by atoms with Crippen LogP contribution in [0.3, 0.4) is 0 Å². The van der Waals surface area contributed by atoms with Crippen LogP contribution in [0.4, 0.5) is 0 Å². The van der Waals surface area contributed by atoms with Crippen molar-refractivity contribution in [2.75, 3.05) is 0 Å². The number of hydrogen-bond acceptors (Lipinski definition) is 1. The number of amides is 1. The quantitative estimate of drug-likeness (QED) is 0.498. The molecule has 1 amide bonds. The Balaban J connectivity index is 2.33. The minimum Gasteiger partial charge on any atom is -0.369 e. The first-order valence-corrected chi connectivity index (χ1v) is 2.51. The summed E-state index contributed by atoms with van der Waals surface area (Å²) in [5, 5.41) is 0. The molecule has 1 saturated carbocycles. The van der Waals surface area contributed by atoms with Crippen LogP contribution in [0.2, 0.25) is 0 Å². The van der Waals surface area contributed by atoms with Gasteiger partial charge >= 0.3 is 0 Å². The summed E-state index contributed by atoms with van der Waals surface area (Å²) in [6, 6.07) is 0. The monoisotopic (exact) mass is 99.1 g/mol. The summed E-state index contributed by atoms with van der Waals surface area (Å²) in [4.78, 5) is 10.2. The Morgan fingerprint density at radius 3 is 2.29 bits per heavy atom. The highest BCUT2D eigenvalue weighted by Gasteiger charge is 2.37. The van der Waals surface area contributed by atoms with E-state index in [1.807, 2.05) is 6.92 Å². The second-order valence-electron chi connectivity index (χ2n) is 2.22. The summed E-state index contributed by atoms with van der Waals surface area (Å²) >= 11 is 0. The first-order chi connectivity index (χ1) is 3.22. The maximum Gasteiger partial charge on any atom is 0.220 e. The standard InChI is InChI=1S/C5H9NO/c1-3-2-4(3)5(6)7/h3-4H,2H2,1H3,(H2,6,7)/t3-,4?/m1/s1. The molecule has 2 N–H and O–H groups in total. The molecule has 1 fully saturated rings. The van der Waals surface area contributed by atoms with Crippen LogP contribution in [0.15, 0.2) is 0 Å². The lowest BCUT2D eigenvalue weighted by atomic mass is 10.3. The van der Waals surface area contributed by atoms with Crippen molar-refractivity contribution in [2.24, 2.45) is 17.6 Å². The molecule has 1 aliphatic carbocycles. The molecule has 0 radical (unpaired) electrons. The van der Waals surface area contributed by atoms with E-state index < -0.39 is 0 Å². The van der Waals surface area contributed by atoms with Crippen LogP contribution in [0.5, 0.6) is 0 Å². The molecule has 1 rings (SSSR count). The third kappa shape index (κ3) is 0.734. The minimum atomic E-state index is -0.132. The van der Waals surface area contributed by atoms with Crippen molar-refractivity contribution in [3.8, 4) is 0 Å². The third-order valence-corrected chi connectivity index (χ3v) is 1.47. The van der Waals surface area contributed by atoms with Crippen molar-refractivity contribution in [3.63, 3.8) is 0 Å². The fourth-order valence-electron chi connectivity index (χ4n) is 0.719. The van der Waals surface area contributed by atoms with Gasteiger partial charge in [0.1, 0.15) is 0 Å². The largest absolute Gasteiger partial charge is 0.369 e. The van der Waals surface area contributed by atoms with Crippen LogP contribution in [-0.4, -0.2) is 5.91 Å². The normalized spacial score (nSPS) is 37.9. The van der Waals surface area contributed by atoms with Crippen molar-refractivity contribution >= 4 is 5.91 Å². The van der Waals surface area contributed by atoms with Crippen LogP contribution in [-0.2, 0) is 4.79 Å². The van der Waals surface area contributed by atoms with E-state index in [9.17, 15) is 4.79 Å². The van der Waals surface area contributed by atoms with Crippen LogP contribution < -0.4 is 5.73 Å². The van der Waals surface area contributed by atoms with Crippen LogP contribution >= 0.6 is 0 Å². The zero-order valence-corrected chi connectivity index (χ0v) is 4.35.